The van der Waals surface area contributed by atoms with Gasteiger partial charge < -0.3 is 5.11 Å². The number of H-pyrrole nitrogens is 1. The zero-order valence-electron chi connectivity index (χ0n) is 10.2. The summed E-state index contributed by atoms with van der Waals surface area (Å²) in [5.41, 5.74) is 0.537. The summed E-state index contributed by atoms with van der Waals surface area (Å²) in [5.74, 6) is 0.432. The summed E-state index contributed by atoms with van der Waals surface area (Å²) >= 11 is 0. The zero-order chi connectivity index (χ0) is 13.9. The average Bonchev–Trinajstić information content (AvgIpc) is 2.92. The molecule has 1 aromatic carbocycles. The third-order valence-electron chi connectivity index (χ3n) is 2.57. The second-order valence-electron chi connectivity index (χ2n) is 4.02. The van der Waals surface area contributed by atoms with E-state index in [0.29, 0.717) is 11.4 Å². The van der Waals surface area contributed by atoms with Crippen LogP contribution >= 0.6 is 0 Å². The van der Waals surface area contributed by atoms with Crippen molar-refractivity contribution in [1.29, 1.82) is 0 Å². The van der Waals surface area contributed by atoms with Gasteiger partial charge in [-0.15, -0.1) is 0 Å². The van der Waals surface area contributed by atoms with Crippen LogP contribution in [0, 0.1) is 0 Å². The molecule has 19 heavy (non-hydrogen) atoms. The van der Waals surface area contributed by atoms with E-state index < -0.39 is 16.1 Å². The van der Waals surface area contributed by atoms with Crippen LogP contribution in [-0.4, -0.2) is 28.7 Å². The van der Waals surface area contributed by atoms with E-state index in [-0.39, 0.29) is 11.5 Å². The number of nitrogens with one attached hydrogen (secondary N) is 2. The standard InChI is InChI=1S/C11H14N4O3S/c1-8(11-12-7-13-14-11)15-19(17,18)10-4-2-3-9(5-10)6-16/h2-5,7-8,15-16H,6H2,1H3,(H,12,13,14). The number of hydrogen-bond acceptors (Lipinski definition) is 5. The highest BCUT2D eigenvalue weighted by Gasteiger charge is 2.20. The van der Waals surface area contributed by atoms with E-state index in [4.69, 9.17) is 5.11 Å². The molecule has 0 bridgehead atoms. The summed E-state index contributed by atoms with van der Waals surface area (Å²) in [6, 6.07) is 5.60. The lowest BCUT2D eigenvalue weighted by Gasteiger charge is -2.12. The van der Waals surface area contributed by atoms with Crippen LogP contribution < -0.4 is 4.72 Å². The van der Waals surface area contributed by atoms with E-state index in [1.807, 2.05) is 0 Å². The highest BCUT2D eigenvalue weighted by atomic mass is 32.2. The quantitative estimate of drug-likeness (QED) is 0.732. The Morgan fingerprint density at radius 2 is 2.26 bits per heavy atom. The summed E-state index contributed by atoms with van der Waals surface area (Å²) in [4.78, 5) is 4.00. The number of aromatic amines is 1. The molecule has 1 aromatic heterocycles. The van der Waals surface area contributed by atoms with Gasteiger partial charge >= 0.3 is 0 Å². The van der Waals surface area contributed by atoms with E-state index in [1.165, 1.54) is 18.5 Å². The molecule has 2 aromatic rings. The van der Waals surface area contributed by atoms with Crippen LogP contribution in [0.15, 0.2) is 35.5 Å². The minimum Gasteiger partial charge on any atom is -0.392 e. The molecule has 7 nitrogen and oxygen atoms in total. The Labute approximate surface area is 110 Å². The molecule has 1 heterocycles. The fourth-order valence-electron chi connectivity index (χ4n) is 1.59. The van der Waals surface area contributed by atoms with Gasteiger partial charge in [0.05, 0.1) is 17.5 Å². The van der Waals surface area contributed by atoms with Gasteiger partial charge in [0, 0.05) is 0 Å². The monoisotopic (exact) mass is 282 g/mol. The molecular formula is C11H14N4O3S. The highest BCUT2D eigenvalue weighted by Crippen LogP contribution is 2.15. The number of benzene rings is 1. The van der Waals surface area contributed by atoms with Gasteiger partial charge in [-0.1, -0.05) is 12.1 Å². The minimum atomic E-state index is -3.67. The van der Waals surface area contributed by atoms with E-state index in [1.54, 1.807) is 19.1 Å². The summed E-state index contributed by atoms with van der Waals surface area (Å²) in [6.07, 6.45) is 1.31. The second kappa shape index (κ2) is 5.47. The van der Waals surface area contributed by atoms with Gasteiger partial charge in [0.2, 0.25) is 10.0 Å². The Morgan fingerprint density at radius 1 is 1.47 bits per heavy atom. The molecule has 0 amide bonds. The van der Waals surface area contributed by atoms with Gasteiger partial charge in [0.25, 0.3) is 0 Å². The molecule has 1 atom stereocenters. The Hall–Kier alpha value is -1.77. The molecule has 0 saturated heterocycles. The molecule has 0 aliphatic carbocycles. The minimum absolute atomic E-state index is 0.102. The normalized spacial score (nSPS) is 13.4. The van der Waals surface area contributed by atoms with Crippen LogP contribution in [0.3, 0.4) is 0 Å². The Kier molecular flexibility index (Phi) is 3.93. The van der Waals surface area contributed by atoms with Gasteiger partial charge in [-0.2, -0.15) is 5.10 Å². The van der Waals surface area contributed by atoms with Crippen molar-refractivity contribution in [3.8, 4) is 0 Å². The van der Waals surface area contributed by atoms with Crippen LogP contribution in [0.4, 0.5) is 0 Å². The SMILES string of the molecule is CC(NS(=O)(=O)c1cccc(CO)c1)c1ncn[nH]1. The first-order chi connectivity index (χ1) is 9.03. The molecule has 2 rings (SSSR count). The molecule has 0 radical (unpaired) electrons. The van der Waals surface area contributed by atoms with Gasteiger partial charge in [-0.25, -0.2) is 18.1 Å². The summed E-state index contributed by atoms with van der Waals surface area (Å²) < 4.78 is 26.8. The fraction of sp³-hybridized carbons (Fsp3) is 0.273. The third-order valence-corrected chi connectivity index (χ3v) is 4.11. The van der Waals surface area contributed by atoms with Gasteiger partial charge in [0.15, 0.2) is 0 Å². The number of hydrogen-bond donors (Lipinski definition) is 3. The predicted molar refractivity (Wildman–Crippen MR) is 67.5 cm³/mol. The number of aliphatic hydroxyl groups excluding tert-OH is 1. The summed E-state index contributed by atoms with van der Waals surface area (Å²) in [6.45, 7) is 1.45. The third kappa shape index (κ3) is 3.16. The topological polar surface area (TPSA) is 108 Å². The van der Waals surface area contributed by atoms with Crippen molar-refractivity contribution in [2.75, 3.05) is 0 Å². The average molecular weight is 282 g/mol. The van der Waals surface area contributed by atoms with Crippen molar-refractivity contribution in [1.82, 2.24) is 19.9 Å². The lowest BCUT2D eigenvalue weighted by molar-refractivity contribution is 0.281. The lowest BCUT2D eigenvalue weighted by atomic mass is 10.2. The maximum atomic E-state index is 12.2. The maximum absolute atomic E-state index is 12.2. The number of nitrogens with zero attached hydrogens (tertiary/aromatic N) is 2. The van der Waals surface area contributed by atoms with E-state index in [9.17, 15) is 8.42 Å². The number of rotatable bonds is 5. The van der Waals surface area contributed by atoms with Crippen molar-refractivity contribution in [3.63, 3.8) is 0 Å². The molecule has 1 unspecified atom stereocenters. The van der Waals surface area contributed by atoms with E-state index in [2.05, 4.69) is 19.9 Å². The zero-order valence-corrected chi connectivity index (χ0v) is 11.1. The first-order valence-electron chi connectivity index (χ1n) is 5.60. The van der Waals surface area contributed by atoms with Crippen molar-refractivity contribution in [2.24, 2.45) is 0 Å². The largest absolute Gasteiger partial charge is 0.392 e. The first kappa shape index (κ1) is 13.7. The van der Waals surface area contributed by atoms with E-state index >= 15 is 0 Å². The highest BCUT2D eigenvalue weighted by molar-refractivity contribution is 7.89. The molecule has 8 heteroatoms. The van der Waals surface area contributed by atoms with Crippen LogP contribution in [0.5, 0.6) is 0 Å². The molecule has 0 saturated carbocycles. The van der Waals surface area contributed by atoms with Crippen LogP contribution in [0.25, 0.3) is 0 Å². The van der Waals surface area contributed by atoms with Crippen molar-refractivity contribution >= 4 is 10.0 Å². The lowest BCUT2D eigenvalue weighted by Crippen LogP contribution is -2.27. The smallest absolute Gasteiger partial charge is 0.241 e. The molecule has 0 fully saturated rings. The van der Waals surface area contributed by atoms with Gasteiger partial charge in [-0.05, 0) is 24.6 Å². The predicted octanol–water partition coefficient (Wildman–Crippen LogP) is 0.336. The van der Waals surface area contributed by atoms with Crippen molar-refractivity contribution < 1.29 is 13.5 Å². The van der Waals surface area contributed by atoms with E-state index in [0.717, 1.165) is 0 Å². The molecule has 102 valence electrons. The number of aromatic nitrogens is 3. The molecule has 0 aliphatic rings. The first-order valence-corrected chi connectivity index (χ1v) is 7.08. The van der Waals surface area contributed by atoms with Crippen molar-refractivity contribution in [2.45, 2.75) is 24.5 Å². The van der Waals surface area contributed by atoms with Crippen LogP contribution in [-0.2, 0) is 16.6 Å². The summed E-state index contributed by atoms with van der Waals surface area (Å²) in [5, 5.41) is 15.3. The van der Waals surface area contributed by atoms with Crippen molar-refractivity contribution in [3.05, 3.63) is 42.0 Å². The number of sulfonamides is 1. The molecule has 0 aliphatic heterocycles. The molecular weight excluding hydrogens is 268 g/mol. The van der Waals surface area contributed by atoms with Gasteiger partial charge in [0.1, 0.15) is 12.2 Å². The molecule has 0 spiro atoms. The van der Waals surface area contributed by atoms with Gasteiger partial charge in [-0.3, -0.25) is 5.10 Å². The summed E-state index contributed by atoms with van der Waals surface area (Å²) in [7, 11) is -3.67. The fourth-order valence-corrected chi connectivity index (χ4v) is 2.87. The molecule has 3 N–H and O–H groups in total. The second-order valence-corrected chi connectivity index (χ2v) is 5.73. The van der Waals surface area contributed by atoms with Crippen LogP contribution in [0.1, 0.15) is 24.4 Å². The maximum Gasteiger partial charge on any atom is 0.241 e. The number of aliphatic hydroxyl groups is 1. The Bertz CT molecular complexity index is 640. The van der Waals surface area contributed by atoms with Crippen LogP contribution in [0.2, 0.25) is 0 Å². The Balaban J connectivity index is 2.22. The Morgan fingerprint density at radius 3 is 2.89 bits per heavy atom.